The van der Waals surface area contributed by atoms with Crippen molar-refractivity contribution in [3.8, 4) is 5.75 Å². The number of aromatic nitrogens is 3. The maximum atomic E-state index is 12.2. The quantitative estimate of drug-likeness (QED) is 0.791. The van der Waals surface area contributed by atoms with E-state index < -0.39 is 0 Å². The lowest BCUT2D eigenvalue weighted by Gasteiger charge is -2.03. The minimum Gasteiger partial charge on any atom is -0.497 e. The minimum absolute atomic E-state index is 0.251. The summed E-state index contributed by atoms with van der Waals surface area (Å²) in [4.78, 5) is 16.4. The summed E-state index contributed by atoms with van der Waals surface area (Å²) in [5, 5.41) is 6.86. The van der Waals surface area contributed by atoms with Crippen LogP contribution in [0.3, 0.4) is 0 Å². The smallest absolute Gasteiger partial charge is 0.258 e. The Morgan fingerprint density at radius 3 is 3.00 bits per heavy atom. The van der Waals surface area contributed by atoms with E-state index in [9.17, 15) is 4.79 Å². The largest absolute Gasteiger partial charge is 0.497 e. The van der Waals surface area contributed by atoms with Gasteiger partial charge < -0.3 is 4.74 Å². The number of carbonyl (C=O) groups is 1. The molecule has 0 radical (unpaired) electrons. The highest BCUT2D eigenvalue weighted by atomic mass is 79.9. The van der Waals surface area contributed by atoms with Crippen LogP contribution in [0.4, 0.5) is 5.95 Å². The molecule has 0 unspecified atom stereocenters. The van der Waals surface area contributed by atoms with Gasteiger partial charge in [-0.15, -0.1) is 5.10 Å². The van der Waals surface area contributed by atoms with Gasteiger partial charge in [-0.1, -0.05) is 6.07 Å². The number of pyridine rings is 1. The zero-order valence-electron chi connectivity index (χ0n) is 11.1. The molecule has 7 heteroatoms. The summed E-state index contributed by atoms with van der Waals surface area (Å²) in [7, 11) is 1.55. The number of rotatable bonds is 3. The Morgan fingerprint density at radius 1 is 1.33 bits per heavy atom. The molecule has 6 nitrogen and oxygen atoms in total. The van der Waals surface area contributed by atoms with Crippen molar-refractivity contribution in [1.29, 1.82) is 0 Å². The fourth-order valence-electron chi connectivity index (χ4n) is 1.85. The first-order valence-electron chi connectivity index (χ1n) is 6.13. The average Bonchev–Trinajstić information content (AvgIpc) is 2.88. The lowest BCUT2D eigenvalue weighted by Crippen LogP contribution is -2.13. The van der Waals surface area contributed by atoms with Crippen molar-refractivity contribution in [1.82, 2.24) is 14.6 Å². The van der Waals surface area contributed by atoms with Crippen molar-refractivity contribution >= 4 is 33.4 Å². The molecule has 0 fully saturated rings. The number of hydrogen-bond acceptors (Lipinski definition) is 4. The average molecular weight is 347 g/mol. The number of carbonyl (C=O) groups excluding carboxylic acids is 1. The van der Waals surface area contributed by atoms with Crippen molar-refractivity contribution in [3.05, 3.63) is 52.6 Å². The Balaban J connectivity index is 1.85. The summed E-state index contributed by atoms with van der Waals surface area (Å²) in [5.41, 5.74) is 1.13. The Bertz CT molecular complexity index is 816. The number of fused-ring (bicyclic) bond motifs is 1. The van der Waals surface area contributed by atoms with Crippen LogP contribution in [0, 0.1) is 0 Å². The highest BCUT2D eigenvalue weighted by molar-refractivity contribution is 9.10. The van der Waals surface area contributed by atoms with E-state index in [-0.39, 0.29) is 11.9 Å². The van der Waals surface area contributed by atoms with Gasteiger partial charge in [-0.05, 0) is 46.3 Å². The summed E-state index contributed by atoms with van der Waals surface area (Å²) in [5.74, 6) is 0.583. The molecular formula is C14H11BrN4O2. The molecule has 0 aliphatic heterocycles. The molecule has 106 valence electrons. The Hall–Kier alpha value is -2.41. The van der Waals surface area contributed by atoms with Gasteiger partial charge in [0.25, 0.3) is 5.91 Å². The van der Waals surface area contributed by atoms with Gasteiger partial charge in [0.1, 0.15) is 5.75 Å². The van der Waals surface area contributed by atoms with E-state index in [1.54, 1.807) is 48.2 Å². The monoisotopic (exact) mass is 346 g/mol. The maximum absolute atomic E-state index is 12.2. The molecule has 1 aromatic carbocycles. The molecule has 0 atom stereocenters. The number of nitrogens with zero attached hydrogens (tertiary/aromatic N) is 3. The first-order chi connectivity index (χ1) is 10.2. The second-order valence-corrected chi connectivity index (χ2v) is 5.19. The van der Waals surface area contributed by atoms with Crippen molar-refractivity contribution in [3.63, 3.8) is 0 Å². The molecule has 2 heterocycles. The van der Waals surface area contributed by atoms with Crippen molar-refractivity contribution in [2.24, 2.45) is 0 Å². The van der Waals surface area contributed by atoms with E-state index >= 15 is 0 Å². The van der Waals surface area contributed by atoms with Crippen LogP contribution in [-0.2, 0) is 0 Å². The van der Waals surface area contributed by atoms with E-state index in [0.717, 1.165) is 4.47 Å². The lowest BCUT2D eigenvalue weighted by molar-refractivity contribution is 0.102. The third-order valence-electron chi connectivity index (χ3n) is 2.85. The summed E-state index contributed by atoms with van der Waals surface area (Å²) >= 11 is 3.36. The third-order valence-corrected chi connectivity index (χ3v) is 3.32. The van der Waals surface area contributed by atoms with Gasteiger partial charge in [0, 0.05) is 16.2 Å². The first kappa shape index (κ1) is 13.6. The molecule has 0 saturated heterocycles. The van der Waals surface area contributed by atoms with Crippen LogP contribution in [0.15, 0.2) is 47.1 Å². The van der Waals surface area contributed by atoms with Crippen molar-refractivity contribution in [2.45, 2.75) is 0 Å². The van der Waals surface area contributed by atoms with Gasteiger partial charge in [0.15, 0.2) is 5.65 Å². The number of methoxy groups -OCH3 is 1. The predicted molar refractivity (Wildman–Crippen MR) is 81.6 cm³/mol. The van der Waals surface area contributed by atoms with Crippen LogP contribution < -0.4 is 10.1 Å². The molecule has 3 rings (SSSR count). The molecular weight excluding hydrogens is 336 g/mol. The van der Waals surface area contributed by atoms with Crippen LogP contribution in [0.2, 0.25) is 0 Å². The van der Waals surface area contributed by atoms with Crippen molar-refractivity contribution < 1.29 is 9.53 Å². The maximum Gasteiger partial charge on any atom is 0.258 e. The Morgan fingerprint density at radius 2 is 2.19 bits per heavy atom. The van der Waals surface area contributed by atoms with Gasteiger partial charge in [-0.25, -0.2) is 4.52 Å². The molecule has 21 heavy (non-hydrogen) atoms. The molecule has 0 saturated carbocycles. The van der Waals surface area contributed by atoms with Crippen molar-refractivity contribution in [2.75, 3.05) is 12.4 Å². The number of anilines is 1. The fraction of sp³-hybridized carbons (Fsp3) is 0.0714. The summed E-state index contributed by atoms with van der Waals surface area (Å²) in [6.45, 7) is 0. The van der Waals surface area contributed by atoms with Crippen LogP contribution >= 0.6 is 15.9 Å². The normalized spacial score (nSPS) is 10.6. The van der Waals surface area contributed by atoms with Gasteiger partial charge in [0.2, 0.25) is 5.95 Å². The Kier molecular flexibility index (Phi) is 3.57. The van der Waals surface area contributed by atoms with Crippen LogP contribution in [-0.4, -0.2) is 27.6 Å². The fourth-order valence-corrected chi connectivity index (χ4v) is 2.18. The zero-order valence-corrected chi connectivity index (χ0v) is 12.7. The van der Waals surface area contributed by atoms with Crippen LogP contribution in [0.25, 0.3) is 5.65 Å². The van der Waals surface area contributed by atoms with Gasteiger partial charge in [-0.3, -0.25) is 10.1 Å². The van der Waals surface area contributed by atoms with Gasteiger partial charge in [0.05, 0.1) is 7.11 Å². The standard InChI is InChI=1S/C14H11BrN4O2/c1-21-11-4-2-3-9(7-11)13(20)17-14-16-12-6-5-10(15)8-19(12)18-14/h2-8H,1H3,(H,17,18,20). The van der Waals surface area contributed by atoms with Gasteiger partial charge >= 0.3 is 0 Å². The summed E-state index contributed by atoms with van der Waals surface area (Å²) < 4.78 is 7.56. The predicted octanol–water partition coefficient (Wildman–Crippen LogP) is 2.75. The van der Waals surface area contributed by atoms with Crippen LogP contribution in [0.1, 0.15) is 10.4 Å². The number of nitrogens with one attached hydrogen (secondary N) is 1. The van der Waals surface area contributed by atoms with Gasteiger partial charge in [-0.2, -0.15) is 4.98 Å². The number of ether oxygens (including phenoxy) is 1. The molecule has 1 amide bonds. The number of benzene rings is 1. The SMILES string of the molecule is COc1cccc(C(=O)Nc2nc3ccc(Br)cn3n2)c1. The van der Waals surface area contributed by atoms with E-state index in [1.807, 2.05) is 6.07 Å². The van der Waals surface area contributed by atoms with E-state index in [2.05, 4.69) is 31.3 Å². The molecule has 0 spiro atoms. The lowest BCUT2D eigenvalue weighted by atomic mass is 10.2. The molecule has 0 bridgehead atoms. The topological polar surface area (TPSA) is 68.5 Å². The minimum atomic E-state index is -0.288. The van der Waals surface area contributed by atoms with E-state index in [4.69, 9.17) is 4.74 Å². The highest BCUT2D eigenvalue weighted by Crippen LogP contribution is 2.15. The number of halogens is 1. The van der Waals surface area contributed by atoms with Crippen LogP contribution in [0.5, 0.6) is 5.75 Å². The first-order valence-corrected chi connectivity index (χ1v) is 6.92. The summed E-state index contributed by atoms with van der Waals surface area (Å²) in [6, 6.07) is 10.5. The number of hydrogen-bond donors (Lipinski definition) is 1. The van der Waals surface area contributed by atoms with E-state index in [1.165, 1.54) is 0 Å². The molecule has 2 aromatic heterocycles. The summed E-state index contributed by atoms with van der Waals surface area (Å²) in [6.07, 6.45) is 1.77. The number of amides is 1. The zero-order chi connectivity index (χ0) is 14.8. The molecule has 1 N–H and O–H groups in total. The Labute approximate surface area is 128 Å². The third kappa shape index (κ3) is 2.87. The second kappa shape index (κ2) is 5.53. The highest BCUT2D eigenvalue weighted by Gasteiger charge is 2.11. The molecule has 3 aromatic rings. The molecule has 0 aliphatic carbocycles. The van der Waals surface area contributed by atoms with E-state index in [0.29, 0.717) is 17.0 Å². The molecule has 0 aliphatic rings. The second-order valence-electron chi connectivity index (χ2n) is 4.27.